The summed E-state index contributed by atoms with van der Waals surface area (Å²) in [4.78, 5) is 12.2. The molecule has 122 valence electrons. The quantitative estimate of drug-likeness (QED) is 0.748. The van der Waals surface area contributed by atoms with Crippen molar-refractivity contribution in [3.63, 3.8) is 0 Å². The smallest absolute Gasteiger partial charge is 0.257 e. The van der Waals surface area contributed by atoms with Gasteiger partial charge in [0.1, 0.15) is 11.5 Å². The molecule has 0 aliphatic rings. The average Bonchev–Trinajstić information content (AvgIpc) is 3.01. The zero-order chi connectivity index (χ0) is 16.8. The summed E-state index contributed by atoms with van der Waals surface area (Å²) in [5.41, 5.74) is 1.72. The molecule has 1 heterocycles. The molecule has 0 aliphatic heterocycles. The number of aromatic nitrogens is 1. The first-order valence-electron chi connectivity index (χ1n) is 7.72. The van der Waals surface area contributed by atoms with Crippen molar-refractivity contribution in [1.29, 1.82) is 0 Å². The predicted octanol–water partition coefficient (Wildman–Crippen LogP) is 3.86. The molecule has 0 saturated carbocycles. The standard InChI is InChI=1S/C19H18N2O3/c1-14-12-18(21-24-14)20-19(22)16-8-5-9-17(13-16)23-11-10-15-6-3-2-4-7-15/h2-9,12-13H,10-11H2,1H3,(H,20,21,22). The average molecular weight is 322 g/mol. The van der Waals surface area contributed by atoms with Crippen LogP contribution in [0.4, 0.5) is 5.82 Å². The highest BCUT2D eigenvalue weighted by Crippen LogP contribution is 2.16. The first-order valence-corrected chi connectivity index (χ1v) is 7.72. The van der Waals surface area contributed by atoms with E-state index in [0.717, 1.165) is 6.42 Å². The Balaban J connectivity index is 1.58. The third-order valence-electron chi connectivity index (χ3n) is 3.47. The zero-order valence-electron chi connectivity index (χ0n) is 13.4. The van der Waals surface area contributed by atoms with Gasteiger partial charge in [0.25, 0.3) is 5.91 Å². The van der Waals surface area contributed by atoms with E-state index in [0.29, 0.717) is 29.5 Å². The Morgan fingerprint density at radius 1 is 1.12 bits per heavy atom. The summed E-state index contributed by atoms with van der Waals surface area (Å²) in [7, 11) is 0. The Hall–Kier alpha value is -3.08. The maximum absolute atomic E-state index is 12.2. The van der Waals surface area contributed by atoms with Crippen molar-refractivity contribution in [2.45, 2.75) is 13.3 Å². The largest absolute Gasteiger partial charge is 0.493 e. The van der Waals surface area contributed by atoms with E-state index in [4.69, 9.17) is 9.26 Å². The third-order valence-corrected chi connectivity index (χ3v) is 3.47. The number of anilines is 1. The second kappa shape index (κ2) is 7.46. The van der Waals surface area contributed by atoms with Gasteiger partial charge >= 0.3 is 0 Å². The topological polar surface area (TPSA) is 64.4 Å². The number of nitrogens with one attached hydrogen (secondary N) is 1. The third kappa shape index (κ3) is 4.23. The molecule has 0 aliphatic carbocycles. The van der Waals surface area contributed by atoms with Crippen molar-refractivity contribution in [1.82, 2.24) is 5.16 Å². The molecule has 2 aromatic carbocycles. The Morgan fingerprint density at radius 3 is 2.71 bits per heavy atom. The van der Waals surface area contributed by atoms with E-state index < -0.39 is 0 Å². The van der Waals surface area contributed by atoms with Crippen molar-refractivity contribution in [2.24, 2.45) is 0 Å². The molecule has 0 unspecified atom stereocenters. The van der Waals surface area contributed by atoms with Gasteiger partial charge in [0.05, 0.1) is 6.61 Å². The van der Waals surface area contributed by atoms with Crippen molar-refractivity contribution in [2.75, 3.05) is 11.9 Å². The van der Waals surface area contributed by atoms with Crippen LogP contribution < -0.4 is 10.1 Å². The summed E-state index contributed by atoms with van der Waals surface area (Å²) in [6.07, 6.45) is 0.815. The number of hydrogen-bond donors (Lipinski definition) is 1. The van der Waals surface area contributed by atoms with Crippen molar-refractivity contribution in [3.8, 4) is 5.75 Å². The van der Waals surface area contributed by atoms with E-state index in [1.54, 1.807) is 31.2 Å². The molecule has 0 bridgehead atoms. The van der Waals surface area contributed by atoms with E-state index in [-0.39, 0.29) is 5.91 Å². The molecule has 24 heavy (non-hydrogen) atoms. The van der Waals surface area contributed by atoms with E-state index in [2.05, 4.69) is 22.6 Å². The van der Waals surface area contributed by atoms with Gasteiger partial charge in [0.15, 0.2) is 5.82 Å². The van der Waals surface area contributed by atoms with Crippen LogP contribution in [0.25, 0.3) is 0 Å². The van der Waals surface area contributed by atoms with E-state index in [9.17, 15) is 4.79 Å². The maximum atomic E-state index is 12.2. The van der Waals surface area contributed by atoms with Crippen LogP contribution in [0, 0.1) is 6.92 Å². The summed E-state index contributed by atoms with van der Waals surface area (Å²) in [5, 5.41) is 6.44. The van der Waals surface area contributed by atoms with E-state index >= 15 is 0 Å². The van der Waals surface area contributed by atoms with Crippen LogP contribution in [-0.4, -0.2) is 17.7 Å². The molecule has 0 saturated heterocycles. The van der Waals surface area contributed by atoms with Gasteiger partial charge in [-0.05, 0) is 30.7 Å². The lowest BCUT2D eigenvalue weighted by Gasteiger charge is -2.08. The van der Waals surface area contributed by atoms with Gasteiger partial charge in [-0.1, -0.05) is 41.6 Å². The second-order valence-electron chi connectivity index (χ2n) is 5.39. The van der Waals surface area contributed by atoms with Crippen LogP contribution in [-0.2, 0) is 6.42 Å². The number of aryl methyl sites for hydroxylation is 1. The van der Waals surface area contributed by atoms with Crippen molar-refractivity contribution in [3.05, 3.63) is 77.6 Å². The van der Waals surface area contributed by atoms with Gasteiger partial charge in [0.2, 0.25) is 0 Å². The Labute approximate surface area is 140 Å². The molecule has 0 fully saturated rings. The summed E-state index contributed by atoms with van der Waals surface area (Å²) >= 11 is 0. The number of carbonyl (C=O) groups is 1. The molecular formula is C19H18N2O3. The minimum atomic E-state index is -0.253. The van der Waals surface area contributed by atoms with Gasteiger partial charge in [-0.2, -0.15) is 0 Å². The summed E-state index contributed by atoms with van der Waals surface area (Å²) < 4.78 is 10.7. The normalized spacial score (nSPS) is 10.4. The zero-order valence-corrected chi connectivity index (χ0v) is 13.4. The molecule has 0 atom stereocenters. The highest BCUT2D eigenvalue weighted by atomic mass is 16.5. The van der Waals surface area contributed by atoms with E-state index in [1.807, 2.05) is 24.3 Å². The summed E-state index contributed by atoms with van der Waals surface area (Å²) in [6, 6.07) is 18.9. The summed E-state index contributed by atoms with van der Waals surface area (Å²) in [5.74, 6) is 1.45. The fourth-order valence-corrected chi connectivity index (χ4v) is 2.27. The van der Waals surface area contributed by atoms with Gasteiger partial charge < -0.3 is 14.6 Å². The molecule has 5 heteroatoms. The number of amides is 1. The number of ether oxygens (including phenoxy) is 1. The molecule has 1 aromatic heterocycles. The second-order valence-corrected chi connectivity index (χ2v) is 5.39. The Morgan fingerprint density at radius 2 is 1.96 bits per heavy atom. The number of nitrogens with zero attached hydrogens (tertiary/aromatic N) is 1. The van der Waals surface area contributed by atoms with Gasteiger partial charge in [-0.25, -0.2) is 0 Å². The molecule has 0 spiro atoms. The van der Waals surface area contributed by atoms with Crippen LogP contribution in [0.5, 0.6) is 5.75 Å². The van der Waals surface area contributed by atoms with Gasteiger partial charge in [-0.15, -0.1) is 0 Å². The molecule has 3 rings (SSSR count). The predicted molar refractivity (Wildman–Crippen MR) is 91.3 cm³/mol. The van der Waals surface area contributed by atoms with Gasteiger partial charge in [0, 0.05) is 18.1 Å². The maximum Gasteiger partial charge on any atom is 0.257 e. The monoisotopic (exact) mass is 322 g/mol. The first kappa shape index (κ1) is 15.8. The van der Waals surface area contributed by atoms with Crippen molar-refractivity contribution < 1.29 is 14.1 Å². The Kier molecular flexibility index (Phi) is 4.91. The highest BCUT2D eigenvalue weighted by Gasteiger charge is 2.09. The lowest BCUT2D eigenvalue weighted by atomic mass is 10.2. The summed E-state index contributed by atoms with van der Waals surface area (Å²) in [6.45, 7) is 2.32. The molecule has 3 aromatic rings. The van der Waals surface area contributed by atoms with Crippen LogP contribution in [0.3, 0.4) is 0 Å². The molecular weight excluding hydrogens is 304 g/mol. The molecule has 5 nitrogen and oxygen atoms in total. The Bertz CT molecular complexity index is 812. The molecule has 1 N–H and O–H groups in total. The fraction of sp³-hybridized carbons (Fsp3) is 0.158. The van der Waals surface area contributed by atoms with Crippen molar-refractivity contribution >= 4 is 11.7 Å². The number of rotatable bonds is 6. The minimum Gasteiger partial charge on any atom is -0.493 e. The lowest BCUT2D eigenvalue weighted by molar-refractivity contribution is 0.102. The minimum absolute atomic E-state index is 0.253. The fourth-order valence-electron chi connectivity index (χ4n) is 2.27. The molecule has 0 radical (unpaired) electrons. The van der Waals surface area contributed by atoms with E-state index in [1.165, 1.54) is 5.56 Å². The number of carbonyl (C=O) groups excluding carboxylic acids is 1. The molecule has 1 amide bonds. The first-order chi connectivity index (χ1) is 11.7. The van der Waals surface area contributed by atoms with Gasteiger partial charge in [-0.3, -0.25) is 4.79 Å². The lowest BCUT2D eigenvalue weighted by Crippen LogP contribution is -2.12. The number of benzene rings is 2. The SMILES string of the molecule is Cc1cc(NC(=O)c2cccc(OCCc3ccccc3)c2)no1. The van der Waals surface area contributed by atoms with Crippen LogP contribution in [0.15, 0.2) is 65.2 Å². The van der Waals surface area contributed by atoms with Crippen LogP contribution in [0.1, 0.15) is 21.7 Å². The van der Waals surface area contributed by atoms with Crippen LogP contribution in [0.2, 0.25) is 0 Å². The highest BCUT2D eigenvalue weighted by molar-refractivity contribution is 6.03. The van der Waals surface area contributed by atoms with Crippen LogP contribution >= 0.6 is 0 Å². The number of hydrogen-bond acceptors (Lipinski definition) is 4.